The van der Waals surface area contributed by atoms with E-state index in [2.05, 4.69) is 4.98 Å². The maximum absolute atomic E-state index is 13.3. The number of ether oxygens (including phenoxy) is 1. The molecule has 1 fully saturated rings. The Labute approximate surface area is 174 Å². The summed E-state index contributed by atoms with van der Waals surface area (Å²) in [4.78, 5) is 30.9. The monoisotopic (exact) mass is 427 g/mol. The number of benzene rings is 2. The molecule has 30 heavy (non-hydrogen) atoms. The zero-order valence-corrected chi connectivity index (χ0v) is 16.7. The van der Waals surface area contributed by atoms with Crippen molar-refractivity contribution >= 4 is 38.6 Å². The molecule has 0 unspecified atom stereocenters. The SMILES string of the molecule is O=C(Cn1c(=O)oc2ccccc21)N1CCC(Oc2nc3ccc(F)cc3s2)CC1. The molecule has 7 nitrogen and oxygen atoms in total. The number of carbonyl (C=O) groups is 1. The Bertz CT molecular complexity index is 1290. The van der Waals surface area contributed by atoms with E-state index >= 15 is 0 Å². The van der Waals surface area contributed by atoms with Crippen molar-refractivity contribution in [3.63, 3.8) is 0 Å². The van der Waals surface area contributed by atoms with Gasteiger partial charge in [-0.2, -0.15) is 0 Å². The highest BCUT2D eigenvalue weighted by Gasteiger charge is 2.26. The van der Waals surface area contributed by atoms with Crippen molar-refractivity contribution in [2.24, 2.45) is 0 Å². The second-order valence-corrected chi connectivity index (χ2v) is 8.20. The van der Waals surface area contributed by atoms with Crippen molar-refractivity contribution in [1.29, 1.82) is 0 Å². The maximum atomic E-state index is 13.3. The van der Waals surface area contributed by atoms with Crippen LogP contribution in [0.2, 0.25) is 0 Å². The predicted molar refractivity (Wildman–Crippen MR) is 110 cm³/mol. The molecular weight excluding hydrogens is 409 g/mol. The molecule has 0 saturated carbocycles. The van der Waals surface area contributed by atoms with E-state index in [1.165, 1.54) is 28.0 Å². The van der Waals surface area contributed by atoms with Crippen LogP contribution in [0, 0.1) is 5.82 Å². The number of likely N-dealkylation sites (tertiary alicyclic amines) is 1. The number of para-hydroxylation sites is 2. The van der Waals surface area contributed by atoms with Gasteiger partial charge in [0.25, 0.3) is 5.19 Å². The fourth-order valence-corrected chi connectivity index (χ4v) is 4.60. The van der Waals surface area contributed by atoms with E-state index in [1.54, 1.807) is 35.2 Å². The van der Waals surface area contributed by atoms with Crippen LogP contribution in [-0.4, -0.2) is 39.6 Å². The van der Waals surface area contributed by atoms with Gasteiger partial charge < -0.3 is 14.1 Å². The predicted octanol–water partition coefficient (Wildman–Crippen LogP) is 3.41. The zero-order chi connectivity index (χ0) is 20.7. The molecule has 2 aromatic carbocycles. The van der Waals surface area contributed by atoms with Gasteiger partial charge >= 0.3 is 5.76 Å². The summed E-state index contributed by atoms with van der Waals surface area (Å²) in [5.74, 6) is -0.957. The number of aromatic nitrogens is 2. The molecule has 154 valence electrons. The van der Waals surface area contributed by atoms with Gasteiger partial charge in [-0.1, -0.05) is 23.5 Å². The third-order valence-electron chi connectivity index (χ3n) is 5.26. The molecule has 0 N–H and O–H groups in total. The molecule has 0 bridgehead atoms. The number of amides is 1. The highest BCUT2D eigenvalue weighted by atomic mass is 32.1. The first-order valence-corrected chi connectivity index (χ1v) is 10.5. The fourth-order valence-electron chi connectivity index (χ4n) is 3.69. The summed E-state index contributed by atoms with van der Waals surface area (Å²) in [6.45, 7) is 1.02. The minimum atomic E-state index is -0.532. The largest absolute Gasteiger partial charge is 0.467 e. The van der Waals surface area contributed by atoms with Crippen LogP contribution in [-0.2, 0) is 11.3 Å². The van der Waals surface area contributed by atoms with Crippen LogP contribution in [0.1, 0.15) is 12.8 Å². The first kappa shape index (κ1) is 18.8. The molecule has 0 atom stereocenters. The second kappa shape index (κ2) is 7.56. The molecule has 4 aromatic rings. The van der Waals surface area contributed by atoms with Gasteiger partial charge in [0.15, 0.2) is 5.58 Å². The standard InChI is InChI=1S/C21H18FN3O4S/c22-13-5-6-15-18(11-13)30-20(23-15)28-14-7-9-24(10-8-14)19(26)12-25-16-3-1-2-4-17(16)29-21(25)27/h1-6,11,14H,7-10,12H2. The van der Waals surface area contributed by atoms with E-state index in [9.17, 15) is 14.0 Å². The van der Waals surface area contributed by atoms with E-state index < -0.39 is 5.76 Å². The normalized spacial score (nSPS) is 15.2. The minimum Gasteiger partial charge on any atom is -0.467 e. The van der Waals surface area contributed by atoms with E-state index in [0.717, 1.165) is 4.70 Å². The number of piperidine rings is 1. The van der Waals surface area contributed by atoms with Gasteiger partial charge in [0.1, 0.15) is 18.5 Å². The van der Waals surface area contributed by atoms with Gasteiger partial charge in [-0.3, -0.25) is 9.36 Å². The van der Waals surface area contributed by atoms with E-state index in [-0.39, 0.29) is 24.4 Å². The molecule has 1 saturated heterocycles. The number of halogens is 1. The topological polar surface area (TPSA) is 77.6 Å². The molecule has 1 aliphatic rings. The number of nitrogens with zero attached hydrogens (tertiary/aromatic N) is 3. The Morgan fingerprint density at radius 3 is 2.87 bits per heavy atom. The van der Waals surface area contributed by atoms with Crippen molar-refractivity contribution in [2.75, 3.05) is 13.1 Å². The van der Waals surface area contributed by atoms with Crippen molar-refractivity contribution in [3.8, 4) is 5.19 Å². The average Bonchev–Trinajstić information content (AvgIpc) is 3.28. The van der Waals surface area contributed by atoms with Gasteiger partial charge in [0.2, 0.25) is 5.91 Å². The average molecular weight is 427 g/mol. The number of fused-ring (bicyclic) bond motifs is 2. The number of thiazole rings is 1. The Hall–Kier alpha value is -3.20. The fraction of sp³-hybridized carbons (Fsp3) is 0.286. The molecule has 2 aromatic heterocycles. The second-order valence-electron chi connectivity index (χ2n) is 7.21. The smallest absolute Gasteiger partial charge is 0.420 e. The maximum Gasteiger partial charge on any atom is 0.420 e. The molecule has 0 spiro atoms. The summed E-state index contributed by atoms with van der Waals surface area (Å²) in [6, 6.07) is 11.5. The van der Waals surface area contributed by atoms with Gasteiger partial charge in [0, 0.05) is 25.9 Å². The number of oxazole rings is 1. The van der Waals surface area contributed by atoms with Gasteiger partial charge in [-0.05, 0) is 30.3 Å². The molecular formula is C21H18FN3O4S. The van der Waals surface area contributed by atoms with Gasteiger partial charge in [0.05, 0.1) is 15.7 Å². The Morgan fingerprint density at radius 1 is 1.23 bits per heavy atom. The summed E-state index contributed by atoms with van der Waals surface area (Å²) >= 11 is 1.32. The van der Waals surface area contributed by atoms with Crippen LogP contribution >= 0.6 is 11.3 Å². The quantitative estimate of drug-likeness (QED) is 0.499. The van der Waals surface area contributed by atoms with Crippen LogP contribution < -0.4 is 10.5 Å². The van der Waals surface area contributed by atoms with Crippen molar-refractivity contribution in [1.82, 2.24) is 14.5 Å². The molecule has 1 amide bonds. The van der Waals surface area contributed by atoms with Gasteiger partial charge in [-0.25, -0.2) is 14.2 Å². The Balaban J connectivity index is 1.21. The van der Waals surface area contributed by atoms with E-state index in [1.807, 2.05) is 0 Å². The summed E-state index contributed by atoms with van der Waals surface area (Å²) in [5, 5.41) is 0.511. The molecule has 5 rings (SSSR count). The first-order valence-electron chi connectivity index (χ1n) is 9.66. The summed E-state index contributed by atoms with van der Waals surface area (Å²) in [5.41, 5.74) is 1.79. The first-order chi connectivity index (χ1) is 14.6. The molecule has 1 aliphatic heterocycles. The Morgan fingerprint density at radius 2 is 2.03 bits per heavy atom. The zero-order valence-electron chi connectivity index (χ0n) is 15.9. The van der Waals surface area contributed by atoms with E-state index in [0.29, 0.717) is 47.7 Å². The highest BCUT2D eigenvalue weighted by Crippen LogP contribution is 2.30. The lowest BCUT2D eigenvalue weighted by molar-refractivity contribution is -0.133. The minimum absolute atomic E-state index is 0.0508. The lowest BCUT2D eigenvalue weighted by Gasteiger charge is -2.31. The van der Waals surface area contributed by atoms with Crippen molar-refractivity contribution < 1.29 is 18.3 Å². The van der Waals surface area contributed by atoms with E-state index in [4.69, 9.17) is 9.15 Å². The summed E-state index contributed by atoms with van der Waals surface area (Å²) in [6.07, 6.45) is 1.27. The van der Waals surface area contributed by atoms with Crippen LogP contribution in [0.5, 0.6) is 5.19 Å². The summed E-state index contributed by atoms with van der Waals surface area (Å²) < 4.78 is 26.6. The summed E-state index contributed by atoms with van der Waals surface area (Å²) in [7, 11) is 0. The third-order valence-corrected chi connectivity index (χ3v) is 6.17. The molecule has 9 heteroatoms. The van der Waals surface area contributed by atoms with Crippen molar-refractivity contribution in [2.45, 2.75) is 25.5 Å². The number of hydrogen-bond acceptors (Lipinski definition) is 6. The lowest BCUT2D eigenvalue weighted by atomic mass is 10.1. The third kappa shape index (κ3) is 3.56. The van der Waals surface area contributed by atoms with Gasteiger partial charge in [-0.15, -0.1) is 0 Å². The highest BCUT2D eigenvalue weighted by molar-refractivity contribution is 7.20. The van der Waals surface area contributed by atoms with Crippen LogP contribution in [0.15, 0.2) is 51.7 Å². The number of rotatable bonds is 4. The molecule has 0 aliphatic carbocycles. The number of hydrogen-bond donors (Lipinski definition) is 0. The van der Waals surface area contributed by atoms with Crippen LogP contribution in [0.3, 0.4) is 0 Å². The van der Waals surface area contributed by atoms with Crippen molar-refractivity contribution in [3.05, 3.63) is 58.8 Å². The molecule has 3 heterocycles. The lowest BCUT2D eigenvalue weighted by Crippen LogP contribution is -2.43. The number of carbonyl (C=O) groups excluding carboxylic acids is 1. The Kier molecular flexibility index (Phi) is 4.74. The van der Waals surface area contributed by atoms with Crippen LogP contribution in [0.25, 0.3) is 21.3 Å². The molecule has 0 radical (unpaired) electrons. The van der Waals surface area contributed by atoms with Crippen LogP contribution in [0.4, 0.5) is 4.39 Å².